The summed E-state index contributed by atoms with van der Waals surface area (Å²) >= 11 is 0. The van der Waals surface area contributed by atoms with Crippen LogP contribution in [0.1, 0.15) is 33.1 Å². The van der Waals surface area contributed by atoms with Crippen LogP contribution >= 0.6 is 0 Å². The van der Waals surface area contributed by atoms with Crippen molar-refractivity contribution >= 4 is 5.97 Å². The maximum atomic E-state index is 10.7. The average Bonchev–Trinajstić information content (AvgIpc) is 1.99. The van der Waals surface area contributed by atoms with Crippen LogP contribution < -0.4 is 0 Å². The van der Waals surface area contributed by atoms with Gasteiger partial charge in [0.2, 0.25) is 0 Å². The molecule has 0 spiro atoms. The van der Waals surface area contributed by atoms with Crippen molar-refractivity contribution < 1.29 is 19.4 Å². The molecule has 1 atom stereocenters. The maximum absolute atomic E-state index is 10.7. The number of ether oxygens (including phenoxy) is 2. The van der Waals surface area contributed by atoms with E-state index in [-0.39, 0.29) is 12.8 Å². The van der Waals surface area contributed by atoms with Crippen molar-refractivity contribution in [2.75, 3.05) is 6.61 Å². The fraction of sp³-hybridized carbons (Fsp3) is 0.800. The van der Waals surface area contributed by atoms with Crippen molar-refractivity contribution in [3.05, 3.63) is 0 Å². The molecule has 1 N–H and O–H groups in total. The van der Waals surface area contributed by atoms with Gasteiger partial charge in [0.25, 0.3) is 0 Å². The quantitative estimate of drug-likeness (QED) is 0.764. The van der Waals surface area contributed by atoms with Crippen LogP contribution in [-0.4, -0.2) is 29.1 Å². The molecule has 1 unspecified atom stereocenters. The van der Waals surface area contributed by atoms with Crippen LogP contribution in [0.4, 0.5) is 0 Å². The molecule has 0 radical (unpaired) electrons. The molecule has 0 aromatic rings. The highest BCUT2D eigenvalue weighted by Gasteiger charge is 2.43. The van der Waals surface area contributed by atoms with Crippen molar-refractivity contribution in [1.29, 1.82) is 5.26 Å². The van der Waals surface area contributed by atoms with Gasteiger partial charge >= 0.3 is 5.97 Å². The first-order valence-electron chi connectivity index (χ1n) is 4.82. The van der Waals surface area contributed by atoms with Crippen LogP contribution in [0.15, 0.2) is 0 Å². The first kappa shape index (κ1) is 12.0. The van der Waals surface area contributed by atoms with E-state index in [0.29, 0.717) is 13.0 Å². The highest BCUT2D eigenvalue weighted by atomic mass is 16.7. The zero-order chi connectivity index (χ0) is 11.5. The number of nitriles is 1. The number of carboxylic acid groups (broad SMARTS) is 1. The molecular formula is C10H15NO4. The molecule has 0 aliphatic carbocycles. The largest absolute Gasteiger partial charge is 0.481 e. The van der Waals surface area contributed by atoms with Gasteiger partial charge in [-0.05, 0) is 13.8 Å². The summed E-state index contributed by atoms with van der Waals surface area (Å²) in [5.74, 6) is -1.77. The van der Waals surface area contributed by atoms with Gasteiger partial charge < -0.3 is 14.6 Å². The number of carbonyl (C=O) groups is 1. The second-order valence-corrected chi connectivity index (χ2v) is 4.19. The predicted octanol–water partition coefficient (Wildman–Crippen LogP) is 1.29. The second-order valence-electron chi connectivity index (χ2n) is 4.19. The van der Waals surface area contributed by atoms with Crippen molar-refractivity contribution in [2.45, 2.75) is 44.5 Å². The lowest BCUT2D eigenvalue weighted by molar-refractivity contribution is -0.309. The molecule has 0 amide bonds. The van der Waals surface area contributed by atoms with Crippen molar-refractivity contribution in [3.8, 4) is 6.07 Å². The molecule has 0 bridgehead atoms. The molecule has 84 valence electrons. The summed E-state index contributed by atoms with van der Waals surface area (Å²) in [7, 11) is 0. The van der Waals surface area contributed by atoms with Crippen LogP contribution in [0.25, 0.3) is 0 Å². The van der Waals surface area contributed by atoms with Crippen LogP contribution in [0.5, 0.6) is 0 Å². The first-order valence-corrected chi connectivity index (χ1v) is 4.82. The summed E-state index contributed by atoms with van der Waals surface area (Å²) in [4.78, 5) is 10.7. The van der Waals surface area contributed by atoms with Gasteiger partial charge in [0.1, 0.15) is 0 Å². The van der Waals surface area contributed by atoms with Crippen LogP contribution in [0, 0.1) is 11.3 Å². The summed E-state index contributed by atoms with van der Waals surface area (Å²) in [6.07, 6.45) is 0.357. The topological polar surface area (TPSA) is 79.5 Å². The summed E-state index contributed by atoms with van der Waals surface area (Å²) in [6, 6.07) is 1.98. The number of aliphatic carboxylic acids is 1. The van der Waals surface area contributed by atoms with Crippen LogP contribution in [0.3, 0.4) is 0 Å². The van der Waals surface area contributed by atoms with E-state index in [1.807, 2.05) is 6.07 Å². The van der Waals surface area contributed by atoms with E-state index in [1.165, 1.54) is 0 Å². The Morgan fingerprint density at radius 3 is 2.73 bits per heavy atom. The van der Waals surface area contributed by atoms with Crippen LogP contribution in [-0.2, 0) is 14.3 Å². The Morgan fingerprint density at radius 1 is 1.60 bits per heavy atom. The molecule has 15 heavy (non-hydrogen) atoms. The number of rotatable bonds is 3. The summed E-state index contributed by atoms with van der Waals surface area (Å²) in [5, 5.41) is 17.5. The molecule has 1 aliphatic rings. The van der Waals surface area contributed by atoms with Gasteiger partial charge in [0.15, 0.2) is 5.79 Å². The third-order valence-electron chi connectivity index (χ3n) is 2.34. The Kier molecular flexibility index (Phi) is 3.32. The normalized spacial score (nSPS) is 29.4. The number of nitrogens with zero attached hydrogens (tertiary/aromatic N) is 1. The maximum Gasteiger partial charge on any atom is 0.306 e. The number of carboxylic acids is 1. The van der Waals surface area contributed by atoms with Gasteiger partial charge in [-0.3, -0.25) is 4.79 Å². The van der Waals surface area contributed by atoms with E-state index in [2.05, 4.69) is 0 Å². The molecule has 1 rings (SSSR count). The molecule has 1 aliphatic heterocycles. The average molecular weight is 213 g/mol. The van der Waals surface area contributed by atoms with Gasteiger partial charge in [0.05, 0.1) is 31.1 Å². The second kappa shape index (κ2) is 4.17. The van der Waals surface area contributed by atoms with Gasteiger partial charge in [-0.15, -0.1) is 0 Å². The summed E-state index contributed by atoms with van der Waals surface area (Å²) < 4.78 is 10.9. The molecular weight excluding hydrogens is 198 g/mol. The highest BCUT2D eigenvalue weighted by Crippen LogP contribution is 2.35. The third kappa shape index (κ3) is 3.18. The Balaban J connectivity index is 2.81. The molecule has 5 nitrogen and oxygen atoms in total. The van der Waals surface area contributed by atoms with Crippen LogP contribution in [0.2, 0.25) is 0 Å². The Morgan fingerprint density at radius 2 is 2.27 bits per heavy atom. The van der Waals surface area contributed by atoms with E-state index in [0.717, 1.165) is 0 Å². The molecule has 1 heterocycles. The standard InChI is InChI=1S/C10H15NO4/c1-9(2)14-6-4-10(15-9,3-5-11)7-8(12)13/h3-4,6-7H2,1-2H3,(H,12,13). The minimum absolute atomic E-state index is 0.0755. The fourth-order valence-electron chi connectivity index (χ4n) is 1.82. The van der Waals surface area contributed by atoms with Gasteiger partial charge in [0, 0.05) is 6.42 Å². The Bertz CT molecular complexity index is 294. The summed E-state index contributed by atoms with van der Waals surface area (Å²) in [6.45, 7) is 3.86. The van der Waals surface area contributed by atoms with Crippen molar-refractivity contribution in [1.82, 2.24) is 0 Å². The minimum Gasteiger partial charge on any atom is -0.481 e. The third-order valence-corrected chi connectivity index (χ3v) is 2.34. The zero-order valence-corrected chi connectivity index (χ0v) is 8.95. The SMILES string of the molecule is CC1(C)OCCC(CC#N)(CC(=O)O)O1. The smallest absolute Gasteiger partial charge is 0.306 e. The first-order chi connectivity index (χ1) is 6.89. The van der Waals surface area contributed by atoms with Gasteiger partial charge in [-0.25, -0.2) is 0 Å². The van der Waals surface area contributed by atoms with Gasteiger partial charge in [-0.1, -0.05) is 0 Å². The van der Waals surface area contributed by atoms with E-state index in [1.54, 1.807) is 13.8 Å². The Hall–Kier alpha value is -1.12. The lowest BCUT2D eigenvalue weighted by Gasteiger charge is -2.43. The molecule has 0 aromatic heterocycles. The summed E-state index contributed by atoms with van der Waals surface area (Å²) in [5.41, 5.74) is -0.900. The molecule has 1 saturated heterocycles. The lowest BCUT2D eigenvalue weighted by atomic mass is 9.91. The van der Waals surface area contributed by atoms with Crippen molar-refractivity contribution in [2.24, 2.45) is 0 Å². The van der Waals surface area contributed by atoms with E-state index in [4.69, 9.17) is 19.8 Å². The number of hydrogen-bond donors (Lipinski definition) is 1. The highest BCUT2D eigenvalue weighted by molar-refractivity contribution is 5.68. The molecule has 0 saturated carbocycles. The van der Waals surface area contributed by atoms with Gasteiger partial charge in [-0.2, -0.15) is 5.26 Å². The minimum atomic E-state index is -0.956. The van der Waals surface area contributed by atoms with E-state index < -0.39 is 17.4 Å². The molecule has 5 heteroatoms. The van der Waals surface area contributed by atoms with Crippen molar-refractivity contribution in [3.63, 3.8) is 0 Å². The van der Waals surface area contributed by atoms with E-state index >= 15 is 0 Å². The Labute approximate surface area is 88.6 Å². The predicted molar refractivity (Wildman–Crippen MR) is 50.9 cm³/mol. The fourth-order valence-corrected chi connectivity index (χ4v) is 1.82. The number of hydrogen-bond acceptors (Lipinski definition) is 4. The zero-order valence-electron chi connectivity index (χ0n) is 8.95. The monoisotopic (exact) mass is 213 g/mol. The lowest BCUT2D eigenvalue weighted by Crippen LogP contribution is -2.49. The molecule has 1 fully saturated rings. The van der Waals surface area contributed by atoms with E-state index in [9.17, 15) is 4.79 Å². The molecule has 0 aromatic carbocycles.